The zero-order chi connectivity index (χ0) is 10.8. The van der Waals surface area contributed by atoms with Crippen molar-refractivity contribution in [3.63, 3.8) is 0 Å². The van der Waals surface area contributed by atoms with Crippen LogP contribution in [0.15, 0.2) is 0 Å². The lowest BCUT2D eigenvalue weighted by Crippen LogP contribution is -2.25. The van der Waals surface area contributed by atoms with E-state index in [1.54, 1.807) is 11.8 Å². The van der Waals surface area contributed by atoms with Crippen molar-refractivity contribution in [2.24, 2.45) is 0 Å². The summed E-state index contributed by atoms with van der Waals surface area (Å²) in [4.78, 5) is 21.7. The summed E-state index contributed by atoms with van der Waals surface area (Å²) in [5.41, 5.74) is 0. The number of hydrogen-bond acceptors (Lipinski definition) is 4. The molecule has 0 aromatic heterocycles. The highest BCUT2D eigenvalue weighted by Gasteiger charge is 2.05. The second-order valence-electron chi connectivity index (χ2n) is 2.70. The van der Waals surface area contributed by atoms with E-state index in [1.165, 1.54) is 7.05 Å². The molecule has 0 aliphatic rings. The molecule has 0 radical (unpaired) electrons. The summed E-state index contributed by atoms with van der Waals surface area (Å²) in [6.07, 6.45) is 1.49. The standard InChI is InChI=1S/C9H17NO3S/c1-3-5-14-6-4-9(12)13-7-8(11)10-2/h3-7H2,1-2H3,(H,10,11). The number of carbonyl (C=O) groups is 2. The zero-order valence-electron chi connectivity index (χ0n) is 8.67. The van der Waals surface area contributed by atoms with Crippen molar-refractivity contribution < 1.29 is 14.3 Å². The molecular formula is C9H17NO3S. The third-order valence-electron chi connectivity index (χ3n) is 1.44. The predicted molar refractivity (Wildman–Crippen MR) is 57.3 cm³/mol. The van der Waals surface area contributed by atoms with Crippen molar-refractivity contribution >= 4 is 23.6 Å². The molecule has 0 saturated heterocycles. The highest BCUT2D eigenvalue weighted by molar-refractivity contribution is 7.99. The average Bonchev–Trinajstić information content (AvgIpc) is 2.21. The van der Waals surface area contributed by atoms with Gasteiger partial charge < -0.3 is 10.1 Å². The fraction of sp³-hybridized carbons (Fsp3) is 0.778. The fourth-order valence-electron chi connectivity index (χ4n) is 0.692. The number of likely N-dealkylation sites (N-methyl/N-ethyl adjacent to an activating group) is 1. The Balaban J connectivity index is 3.32. The van der Waals surface area contributed by atoms with E-state index in [4.69, 9.17) is 4.74 Å². The molecule has 1 N–H and O–H groups in total. The van der Waals surface area contributed by atoms with Gasteiger partial charge in [0.05, 0.1) is 6.42 Å². The van der Waals surface area contributed by atoms with Gasteiger partial charge in [0.2, 0.25) is 0 Å². The molecule has 0 unspecified atom stereocenters. The molecular weight excluding hydrogens is 202 g/mol. The monoisotopic (exact) mass is 219 g/mol. The van der Waals surface area contributed by atoms with Gasteiger partial charge in [0.15, 0.2) is 6.61 Å². The van der Waals surface area contributed by atoms with Gasteiger partial charge in [-0.2, -0.15) is 11.8 Å². The summed E-state index contributed by atoms with van der Waals surface area (Å²) >= 11 is 1.72. The molecule has 5 heteroatoms. The maximum absolute atomic E-state index is 11.0. The Kier molecular flexibility index (Phi) is 8.42. The van der Waals surface area contributed by atoms with E-state index in [9.17, 15) is 9.59 Å². The molecule has 0 heterocycles. The third kappa shape index (κ3) is 7.91. The Morgan fingerprint density at radius 1 is 1.36 bits per heavy atom. The second-order valence-corrected chi connectivity index (χ2v) is 3.92. The zero-order valence-corrected chi connectivity index (χ0v) is 9.49. The lowest BCUT2D eigenvalue weighted by Gasteiger charge is -2.03. The van der Waals surface area contributed by atoms with E-state index >= 15 is 0 Å². The molecule has 0 aromatic rings. The van der Waals surface area contributed by atoms with Crippen LogP contribution in [0, 0.1) is 0 Å². The summed E-state index contributed by atoms with van der Waals surface area (Å²) in [5.74, 6) is 1.24. The van der Waals surface area contributed by atoms with E-state index in [0.29, 0.717) is 6.42 Å². The fourth-order valence-corrected chi connectivity index (χ4v) is 1.50. The van der Waals surface area contributed by atoms with Crippen LogP contribution in [-0.4, -0.2) is 37.0 Å². The van der Waals surface area contributed by atoms with Crippen LogP contribution < -0.4 is 5.32 Å². The van der Waals surface area contributed by atoms with Crippen molar-refractivity contribution in [1.82, 2.24) is 5.32 Å². The summed E-state index contributed by atoms with van der Waals surface area (Å²) in [5, 5.41) is 2.38. The van der Waals surface area contributed by atoms with Gasteiger partial charge in [0, 0.05) is 12.8 Å². The minimum atomic E-state index is -0.308. The quantitative estimate of drug-likeness (QED) is 0.508. The summed E-state index contributed by atoms with van der Waals surface area (Å²) in [6, 6.07) is 0. The van der Waals surface area contributed by atoms with Gasteiger partial charge in [-0.1, -0.05) is 6.92 Å². The Morgan fingerprint density at radius 2 is 2.07 bits per heavy atom. The van der Waals surface area contributed by atoms with Crippen LogP contribution in [0.5, 0.6) is 0 Å². The van der Waals surface area contributed by atoms with Gasteiger partial charge in [-0.25, -0.2) is 0 Å². The predicted octanol–water partition coefficient (Wildman–Crippen LogP) is 0.809. The number of rotatable bonds is 7. The van der Waals surface area contributed by atoms with Crippen molar-refractivity contribution in [2.45, 2.75) is 19.8 Å². The highest BCUT2D eigenvalue weighted by Crippen LogP contribution is 2.04. The maximum Gasteiger partial charge on any atom is 0.307 e. The third-order valence-corrected chi connectivity index (χ3v) is 2.63. The largest absolute Gasteiger partial charge is 0.456 e. The van der Waals surface area contributed by atoms with Gasteiger partial charge in [-0.05, 0) is 12.2 Å². The number of thioether (sulfide) groups is 1. The number of ether oxygens (including phenoxy) is 1. The van der Waals surface area contributed by atoms with E-state index < -0.39 is 0 Å². The van der Waals surface area contributed by atoms with Crippen LogP contribution in [-0.2, 0) is 14.3 Å². The van der Waals surface area contributed by atoms with Gasteiger partial charge >= 0.3 is 5.97 Å². The minimum Gasteiger partial charge on any atom is -0.456 e. The second kappa shape index (κ2) is 8.87. The molecule has 0 aliphatic heterocycles. The first-order chi connectivity index (χ1) is 6.70. The van der Waals surface area contributed by atoms with Crippen molar-refractivity contribution in [2.75, 3.05) is 25.2 Å². The highest BCUT2D eigenvalue weighted by atomic mass is 32.2. The maximum atomic E-state index is 11.0. The Bertz CT molecular complexity index is 185. The average molecular weight is 219 g/mol. The topological polar surface area (TPSA) is 55.4 Å². The first-order valence-corrected chi connectivity index (χ1v) is 5.80. The molecule has 0 spiro atoms. The van der Waals surface area contributed by atoms with Crippen LogP contribution in [0.1, 0.15) is 19.8 Å². The summed E-state index contributed by atoms with van der Waals surface area (Å²) < 4.78 is 4.71. The van der Waals surface area contributed by atoms with Gasteiger partial charge in [-0.3, -0.25) is 9.59 Å². The molecule has 0 fully saturated rings. The molecule has 0 bridgehead atoms. The lowest BCUT2D eigenvalue weighted by molar-refractivity contribution is -0.147. The first kappa shape index (κ1) is 13.3. The summed E-state index contributed by atoms with van der Waals surface area (Å²) in [7, 11) is 1.51. The number of esters is 1. The smallest absolute Gasteiger partial charge is 0.307 e. The molecule has 14 heavy (non-hydrogen) atoms. The minimum absolute atomic E-state index is 0.173. The van der Waals surface area contributed by atoms with Gasteiger partial charge in [0.1, 0.15) is 0 Å². The normalized spacial score (nSPS) is 9.57. The molecule has 82 valence electrons. The summed E-state index contributed by atoms with van der Waals surface area (Å²) in [6.45, 7) is 1.92. The molecule has 0 rings (SSSR count). The van der Waals surface area contributed by atoms with Crippen LogP contribution >= 0.6 is 11.8 Å². The van der Waals surface area contributed by atoms with E-state index in [0.717, 1.165) is 17.9 Å². The number of carbonyl (C=O) groups excluding carboxylic acids is 2. The van der Waals surface area contributed by atoms with Gasteiger partial charge in [0.25, 0.3) is 5.91 Å². The molecule has 1 amide bonds. The molecule has 4 nitrogen and oxygen atoms in total. The van der Waals surface area contributed by atoms with Crippen LogP contribution in [0.4, 0.5) is 0 Å². The van der Waals surface area contributed by atoms with E-state index in [1.807, 2.05) is 0 Å². The van der Waals surface area contributed by atoms with Crippen LogP contribution in [0.3, 0.4) is 0 Å². The first-order valence-electron chi connectivity index (χ1n) is 4.64. The number of amides is 1. The molecule has 0 aliphatic carbocycles. The van der Waals surface area contributed by atoms with Gasteiger partial charge in [-0.15, -0.1) is 0 Å². The van der Waals surface area contributed by atoms with Crippen molar-refractivity contribution in [3.05, 3.63) is 0 Å². The molecule has 0 aromatic carbocycles. The van der Waals surface area contributed by atoms with Crippen molar-refractivity contribution in [1.29, 1.82) is 0 Å². The Hall–Kier alpha value is -0.710. The molecule has 0 saturated carbocycles. The number of nitrogens with one attached hydrogen (secondary N) is 1. The SMILES string of the molecule is CCCSCCC(=O)OCC(=O)NC. The van der Waals surface area contributed by atoms with E-state index in [2.05, 4.69) is 12.2 Å². The molecule has 0 atom stereocenters. The van der Waals surface area contributed by atoms with Crippen molar-refractivity contribution in [3.8, 4) is 0 Å². The van der Waals surface area contributed by atoms with Crippen LogP contribution in [0.2, 0.25) is 0 Å². The van der Waals surface area contributed by atoms with E-state index in [-0.39, 0.29) is 18.5 Å². The lowest BCUT2D eigenvalue weighted by atomic mass is 10.5. The Morgan fingerprint density at radius 3 is 2.64 bits per heavy atom. The Labute approximate surface area is 88.8 Å². The number of hydrogen-bond donors (Lipinski definition) is 1. The van der Waals surface area contributed by atoms with Crippen LogP contribution in [0.25, 0.3) is 0 Å².